The van der Waals surface area contributed by atoms with Gasteiger partial charge in [0, 0.05) is 22.1 Å². The van der Waals surface area contributed by atoms with Gasteiger partial charge in [-0.15, -0.1) is 0 Å². The van der Waals surface area contributed by atoms with Crippen LogP contribution in [0.1, 0.15) is 44.3 Å². The zero-order valence-corrected chi connectivity index (χ0v) is 24.0. The maximum atomic E-state index is 5.66. The van der Waals surface area contributed by atoms with Crippen LogP contribution < -0.4 is 0 Å². The Bertz CT molecular complexity index is 1910. The Morgan fingerprint density at radius 1 is 0.535 bits per heavy atom. The first kappa shape index (κ1) is 24.9. The summed E-state index contributed by atoms with van der Waals surface area (Å²) in [4.78, 5) is 19.8. The van der Waals surface area contributed by atoms with Gasteiger partial charge in [-0.1, -0.05) is 91.0 Å². The molecule has 0 atom stereocenters. The average molecular weight is 561 g/mol. The SMILES string of the molecule is c1ccc(-c2nc(-c3ccc(-c4ccc(-c5cccc6ncoc56)cc4)cc3)nc(C34CC5CC(CC(C5)C3)C4)n2)cc1. The molecular formula is C38H32N4O. The molecule has 4 saturated carbocycles. The lowest BCUT2D eigenvalue weighted by Gasteiger charge is -2.56. The number of para-hydroxylation sites is 1. The first-order valence-corrected chi connectivity index (χ1v) is 15.5. The summed E-state index contributed by atoms with van der Waals surface area (Å²) in [6, 6.07) is 33.8. The Kier molecular flexibility index (Phi) is 5.62. The molecule has 0 aliphatic heterocycles. The summed E-state index contributed by atoms with van der Waals surface area (Å²) in [5.74, 6) is 5.10. The molecule has 0 unspecified atom stereocenters. The second kappa shape index (κ2) is 9.70. The van der Waals surface area contributed by atoms with Gasteiger partial charge in [0.2, 0.25) is 0 Å². The third-order valence-electron chi connectivity index (χ3n) is 10.2. The van der Waals surface area contributed by atoms with E-state index in [4.69, 9.17) is 19.4 Å². The summed E-state index contributed by atoms with van der Waals surface area (Å²) in [6.07, 6.45) is 9.41. The Morgan fingerprint density at radius 2 is 1.09 bits per heavy atom. The first-order chi connectivity index (χ1) is 21.2. The molecule has 2 aromatic heterocycles. The normalized spacial score (nSPS) is 24.0. The summed E-state index contributed by atoms with van der Waals surface area (Å²) in [6.45, 7) is 0. The number of oxazole rings is 1. The van der Waals surface area contributed by atoms with Crippen molar-refractivity contribution >= 4 is 11.1 Å². The van der Waals surface area contributed by atoms with Gasteiger partial charge in [-0.2, -0.15) is 0 Å². The minimum absolute atomic E-state index is 0.105. The van der Waals surface area contributed by atoms with Crippen LogP contribution >= 0.6 is 0 Å². The van der Waals surface area contributed by atoms with Crippen molar-refractivity contribution in [1.82, 2.24) is 19.9 Å². The van der Waals surface area contributed by atoms with E-state index in [9.17, 15) is 0 Å². The second-order valence-electron chi connectivity index (χ2n) is 13.0. The van der Waals surface area contributed by atoms with Crippen molar-refractivity contribution in [3.05, 3.63) is 109 Å². The van der Waals surface area contributed by atoms with Crippen molar-refractivity contribution in [3.63, 3.8) is 0 Å². The summed E-state index contributed by atoms with van der Waals surface area (Å²) >= 11 is 0. The molecule has 43 heavy (non-hydrogen) atoms. The highest BCUT2D eigenvalue weighted by Crippen LogP contribution is 2.60. The largest absolute Gasteiger partial charge is 0.443 e. The molecule has 0 amide bonds. The Morgan fingerprint density at radius 3 is 1.72 bits per heavy atom. The molecule has 4 aliphatic carbocycles. The van der Waals surface area contributed by atoms with E-state index in [0.717, 1.165) is 79.7 Å². The van der Waals surface area contributed by atoms with Crippen LogP contribution in [0.4, 0.5) is 0 Å². The van der Waals surface area contributed by atoms with E-state index >= 15 is 0 Å². The first-order valence-electron chi connectivity index (χ1n) is 15.5. The van der Waals surface area contributed by atoms with Crippen LogP contribution in [0.2, 0.25) is 0 Å². The zero-order valence-electron chi connectivity index (χ0n) is 24.0. The minimum Gasteiger partial charge on any atom is -0.443 e. The number of rotatable bonds is 5. The molecule has 4 aromatic carbocycles. The number of hydrogen-bond acceptors (Lipinski definition) is 5. The van der Waals surface area contributed by atoms with E-state index in [1.807, 2.05) is 18.2 Å². The molecule has 5 nitrogen and oxygen atoms in total. The molecule has 10 rings (SSSR count). The van der Waals surface area contributed by atoms with Crippen LogP contribution in [0, 0.1) is 17.8 Å². The van der Waals surface area contributed by atoms with E-state index < -0.39 is 0 Å². The topological polar surface area (TPSA) is 64.7 Å². The van der Waals surface area contributed by atoms with Crippen LogP contribution in [0.5, 0.6) is 0 Å². The highest BCUT2D eigenvalue weighted by atomic mass is 16.3. The van der Waals surface area contributed by atoms with Crippen molar-refractivity contribution in [1.29, 1.82) is 0 Å². The molecule has 6 aromatic rings. The number of aromatic nitrogens is 4. The van der Waals surface area contributed by atoms with Gasteiger partial charge >= 0.3 is 0 Å². The van der Waals surface area contributed by atoms with E-state index in [-0.39, 0.29) is 5.41 Å². The molecule has 0 saturated heterocycles. The Labute approximate surface area is 251 Å². The fourth-order valence-electron chi connectivity index (χ4n) is 8.61. The molecule has 0 N–H and O–H groups in total. The number of hydrogen-bond donors (Lipinski definition) is 0. The van der Waals surface area contributed by atoms with E-state index in [1.54, 1.807) is 0 Å². The number of nitrogens with zero attached hydrogens (tertiary/aromatic N) is 4. The van der Waals surface area contributed by atoms with Crippen LogP contribution in [-0.4, -0.2) is 19.9 Å². The van der Waals surface area contributed by atoms with Gasteiger partial charge in [-0.25, -0.2) is 19.9 Å². The van der Waals surface area contributed by atoms with Gasteiger partial charge in [-0.05, 0) is 79.0 Å². The van der Waals surface area contributed by atoms with Crippen molar-refractivity contribution in [2.75, 3.05) is 0 Å². The highest BCUT2D eigenvalue weighted by molar-refractivity contribution is 5.90. The molecular weight excluding hydrogens is 528 g/mol. The van der Waals surface area contributed by atoms with E-state index in [2.05, 4.69) is 83.8 Å². The van der Waals surface area contributed by atoms with Gasteiger partial charge in [0.1, 0.15) is 11.3 Å². The standard InChI is InChI=1S/C38H32N4O/c1-2-5-30(6-3-1)35-40-36(42-37(41-35)38-20-24-17-25(21-38)19-26(18-24)22-38)31-15-11-28(12-16-31)27-9-13-29(14-10-27)32-7-4-8-33-34(32)43-23-39-33/h1-16,23-26H,17-22H2. The van der Waals surface area contributed by atoms with Gasteiger partial charge in [0.05, 0.1) is 0 Å². The summed E-state index contributed by atoms with van der Waals surface area (Å²) in [5, 5.41) is 0. The molecule has 4 bridgehead atoms. The average Bonchev–Trinajstić information content (AvgIpc) is 3.54. The Hall–Kier alpha value is -4.64. The van der Waals surface area contributed by atoms with E-state index in [1.165, 1.54) is 44.9 Å². The monoisotopic (exact) mass is 560 g/mol. The fraction of sp³-hybridized carbons (Fsp3) is 0.263. The maximum Gasteiger partial charge on any atom is 0.182 e. The molecule has 0 spiro atoms. The summed E-state index contributed by atoms with van der Waals surface area (Å²) in [5.41, 5.74) is 8.36. The van der Waals surface area contributed by atoms with Gasteiger partial charge in [0.15, 0.2) is 23.6 Å². The second-order valence-corrected chi connectivity index (χ2v) is 13.0. The number of fused-ring (bicyclic) bond motifs is 1. The summed E-state index contributed by atoms with van der Waals surface area (Å²) in [7, 11) is 0. The molecule has 5 heteroatoms. The predicted molar refractivity (Wildman–Crippen MR) is 169 cm³/mol. The van der Waals surface area contributed by atoms with Crippen LogP contribution in [-0.2, 0) is 5.41 Å². The molecule has 210 valence electrons. The van der Waals surface area contributed by atoms with Crippen molar-refractivity contribution in [2.24, 2.45) is 17.8 Å². The van der Waals surface area contributed by atoms with E-state index in [0.29, 0.717) is 0 Å². The van der Waals surface area contributed by atoms with Crippen molar-refractivity contribution in [2.45, 2.75) is 43.9 Å². The van der Waals surface area contributed by atoms with Gasteiger partial charge in [-0.3, -0.25) is 0 Å². The lowest BCUT2D eigenvalue weighted by molar-refractivity contribution is -0.00938. The van der Waals surface area contributed by atoms with Crippen molar-refractivity contribution < 1.29 is 4.42 Å². The van der Waals surface area contributed by atoms with Gasteiger partial charge < -0.3 is 4.42 Å². The third kappa shape index (κ3) is 4.29. The molecule has 4 aliphatic rings. The highest BCUT2D eigenvalue weighted by Gasteiger charge is 2.53. The molecule has 2 heterocycles. The van der Waals surface area contributed by atoms with Crippen LogP contribution in [0.15, 0.2) is 108 Å². The van der Waals surface area contributed by atoms with Crippen LogP contribution in [0.3, 0.4) is 0 Å². The van der Waals surface area contributed by atoms with Crippen LogP contribution in [0.25, 0.3) is 56.1 Å². The summed E-state index contributed by atoms with van der Waals surface area (Å²) < 4.78 is 5.66. The van der Waals surface area contributed by atoms with Gasteiger partial charge in [0.25, 0.3) is 0 Å². The lowest BCUT2D eigenvalue weighted by atomic mass is 9.49. The molecule has 4 fully saturated rings. The predicted octanol–water partition coefficient (Wildman–Crippen LogP) is 9.15. The number of benzene rings is 4. The smallest absolute Gasteiger partial charge is 0.182 e. The molecule has 0 radical (unpaired) electrons. The van der Waals surface area contributed by atoms with Crippen molar-refractivity contribution in [3.8, 4) is 45.0 Å². The third-order valence-corrected chi connectivity index (χ3v) is 10.2. The maximum absolute atomic E-state index is 5.66. The fourth-order valence-corrected chi connectivity index (χ4v) is 8.61. The lowest BCUT2D eigenvalue weighted by Crippen LogP contribution is -2.49. The zero-order chi connectivity index (χ0) is 28.4. The quantitative estimate of drug-likeness (QED) is 0.210. The Balaban J connectivity index is 1.06. The minimum atomic E-state index is 0.105.